The van der Waals surface area contributed by atoms with Crippen LogP contribution in [-0.2, 0) is 6.42 Å². The Hall–Kier alpha value is -2.22. The average Bonchev–Trinajstić information content (AvgIpc) is 2.68. The molecule has 0 N–H and O–H groups in total. The van der Waals surface area contributed by atoms with Gasteiger partial charge in [0, 0.05) is 0 Å². The van der Waals surface area contributed by atoms with Crippen LogP contribution < -0.4 is 0 Å². The zero-order valence-corrected chi connectivity index (χ0v) is 16.1. The Morgan fingerprint density at radius 1 is 0.808 bits per heavy atom. The van der Waals surface area contributed by atoms with E-state index in [0.29, 0.717) is 0 Å². The molecule has 0 spiro atoms. The lowest BCUT2D eigenvalue weighted by molar-refractivity contribution is 0.348. The highest BCUT2D eigenvalue weighted by atomic mass is 15.2. The first-order chi connectivity index (χ1) is 12.7. The Morgan fingerprint density at radius 2 is 1.35 bits per heavy atom. The first kappa shape index (κ1) is 18.6. The fourth-order valence-electron chi connectivity index (χ4n) is 3.71. The van der Waals surface area contributed by atoms with Gasteiger partial charge >= 0.3 is 0 Å². The molecule has 0 saturated heterocycles. The average molecular weight is 347 g/mol. The van der Waals surface area contributed by atoms with Gasteiger partial charge in [-0.1, -0.05) is 81.6 Å². The molecular formula is C24H30N2. The number of benzene rings is 2. The third kappa shape index (κ3) is 5.39. The number of aryl methyl sites for hydroxylation is 1. The van der Waals surface area contributed by atoms with Gasteiger partial charge in [0.05, 0.1) is 12.4 Å². The van der Waals surface area contributed by atoms with Crippen LogP contribution in [0.2, 0.25) is 0 Å². The van der Waals surface area contributed by atoms with E-state index >= 15 is 0 Å². The Kier molecular flexibility index (Phi) is 6.76. The normalized spacial score (nSPS) is 20.8. The highest BCUT2D eigenvalue weighted by molar-refractivity contribution is 5.82. The zero-order chi connectivity index (χ0) is 18.2. The molecule has 1 fully saturated rings. The summed E-state index contributed by atoms with van der Waals surface area (Å²) in [6.07, 6.45) is 11.3. The number of nitrogens with zero attached hydrogens (tertiary/aromatic N) is 2. The van der Waals surface area contributed by atoms with E-state index in [1.54, 1.807) is 0 Å². The summed E-state index contributed by atoms with van der Waals surface area (Å²) in [5.74, 6) is 1.64. The first-order valence-electron chi connectivity index (χ1n) is 10.00. The van der Waals surface area contributed by atoms with E-state index in [0.717, 1.165) is 29.4 Å². The second kappa shape index (κ2) is 9.47. The lowest BCUT2D eigenvalue weighted by atomic mass is 9.79. The molecule has 0 heterocycles. The van der Waals surface area contributed by atoms with Crippen molar-refractivity contribution in [1.29, 1.82) is 0 Å². The van der Waals surface area contributed by atoms with E-state index in [2.05, 4.69) is 72.6 Å². The van der Waals surface area contributed by atoms with Crippen molar-refractivity contribution >= 4 is 12.4 Å². The molecule has 0 atom stereocenters. The quantitative estimate of drug-likeness (QED) is 0.428. The SMILES string of the molecule is CCCc1ccc(C=NN=Cc2ccc(C3CCC(C)CC3)cc2)cc1. The Labute approximate surface area is 158 Å². The molecule has 0 amide bonds. The van der Waals surface area contributed by atoms with E-state index in [1.807, 2.05) is 12.4 Å². The number of hydrogen-bond acceptors (Lipinski definition) is 2. The summed E-state index contributed by atoms with van der Waals surface area (Å²) in [6.45, 7) is 4.57. The minimum absolute atomic E-state index is 0.742. The van der Waals surface area contributed by atoms with Crippen LogP contribution in [0.15, 0.2) is 58.7 Å². The lowest BCUT2D eigenvalue weighted by Crippen LogP contribution is -2.10. The van der Waals surface area contributed by atoms with E-state index in [4.69, 9.17) is 0 Å². The van der Waals surface area contributed by atoms with Gasteiger partial charge in [-0.15, -0.1) is 0 Å². The van der Waals surface area contributed by atoms with Crippen LogP contribution in [0.3, 0.4) is 0 Å². The molecule has 136 valence electrons. The second-order valence-electron chi connectivity index (χ2n) is 7.60. The van der Waals surface area contributed by atoms with Gasteiger partial charge in [0.15, 0.2) is 0 Å². The van der Waals surface area contributed by atoms with E-state index < -0.39 is 0 Å². The molecular weight excluding hydrogens is 316 g/mol. The third-order valence-corrected chi connectivity index (χ3v) is 5.42. The molecule has 0 radical (unpaired) electrons. The maximum atomic E-state index is 4.19. The first-order valence-corrected chi connectivity index (χ1v) is 10.00. The molecule has 1 aliphatic carbocycles. The standard InChI is InChI=1S/C24H30N2/c1-3-4-20-7-9-21(10-8-20)17-25-26-18-22-11-15-24(16-12-22)23-13-5-19(2)6-14-23/h7-12,15-19,23H,3-6,13-14H2,1-2H3. The highest BCUT2D eigenvalue weighted by Crippen LogP contribution is 2.35. The Bertz CT molecular complexity index is 718. The van der Waals surface area contributed by atoms with E-state index in [1.165, 1.54) is 43.2 Å². The van der Waals surface area contributed by atoms with Gasteiger partial charge in [0.2, 0.25) is 0 Å². The van der Waals surface area contributed by atoms with Gasteiger partial charge in [0.25, 0.3) is 0 Å². The summed E-state index contributed by atoms with van der Waals surface area (Å²) < 4.78 is 0. The fraction of sp³-hybridized carbons (Fsp3) is 0.417. The van der Waals surface area contributed by atoms with Crippen molar-refractivity contribution in [2.75, 3.05) is 0 Å². The highest BCUT2D eigenvalue weighted by Gasteiger charge is 2.19. The maximum Gasteiger partial charge on any atom is 0.0568 e. The molecule has 2 nitrogen and oxygen atoms in total. The Morgan fingerprint density at radius 3 is 1.88 bits per heavy atom. The van der Waals surface area contributed by atoms with Gasteiger partial charge < -0.3 is 0 Å². The third-order valence-electron chi connectivity index (χ3n) is 5.42. The van der Waals surface area contributed by atoms with Gasteiger partial charge in [0.1, 0.15) is 0 Å². The van der Waals surface area contributed by atoms with Crippen LogP contribution >= 0.6 is 0 Å². The molecule has 0 bridgehead atoms. The predicted octanol–water partition coefficient (Wildman–Crippen LogP) is 6.39. The van der Waals surface area contributed by atoms with Crippen LogP contribution in [0, 0.1) is 5.92 Å². The van der Waals surface area contributed by atoms with Crippen molar-refractivity contribution in [2.45, 2.75) is 58.3 Å². The van der Waals surface area contributed by atoms with Gasteiger partial charge in [-0.25, -0.2) is 0 Å². The molecule has 3 rings (SSSR count). The second-order valence-corrected chi connectivity index (χ2v) is 7.60. The Balaban J connectivity index is 1.53. The van der Waals surface area contributed by atoms with Crippen molar-refractivity contribution < 1.29 is 0 Å². The lowest BCUT2D eigenvalue weighted by Gasteiger charge is -2.26. The molecule has 2 heteroatoms. The van der Waals surface area contributed by atoms with E-state index in [-0.39, 0.29) is 0 Å². The summed E-state index contributed by atoms with van der Waals surface area (Å²) in [7, 11) is 0. The van der Waals surface area contributed by atoms with Crippen molar-refractivity contribution in [3.05, 3.63) is 70.8 Å². The van der Waals surface area contributed by atoms with Crippen LogP contribution in [0.5, 0.6) is 0 Å². The summed E-state index contributed by atoms with van der Waals surface area (Å²) in [5.41, 5.74) is 5.04. The molecule has 1 aliphatic rings. The van der Waals surface area contributed by atoms with Crippen LogP contribution in [-0.4, -0.2) is 12.4 Å². The number of hydrogen-bond donors (Lipinski definition) is 0. The molecule has 26 heavy (non-hydrogen) atoms. The van der Waals surface area contributed by atoms with Crippen molar-refractivity contribution in [1.82, 2.24) is 0 Å². The minimum Gasteiger partial charge on any atom is -0.159 e. The predicted molar refractivity (Wildman–Crippen MR) is 112 cm³/mol. The summed E-state index contributed by atoms with van der Waals surface area (Å²) in [4.78, 5) is 0. The molecule has 0 aliphatic heterocycles. The summed E-state index contributed by atoms with van der Waals surface area (Å²) in [6, 6.07) is 17.4. The van der Waals surface area contributed by atoms with Crippen molar-refractivity contribution in [3.8, 4) is 0 Å². The zero-order valence-electron chi connectivity index (χ0n) is 16.1. The molecule has 2 aromatic carbocycles. The smallest absolute Gasteiger partial charge is 0.0568 e. The number of rotatable bonds is 6. The van der Waals surface area contributed by atoms with Gasteiger partial charge in [-0.3, -0.25) is 0 Å². The van der Waals surface area contributed by atoms with Gasteiger partial charge in [-0.05, 0) is 53.4 Å². The topological polar surface area (TPSA) is 24.7 Å². The molecule has 1 saturated carbocycles. The molecule has 2 aromatic rings. The van der Waals surface area contributed by atoms with Crippen LogP contribution in [0.4, 0.5) is 0 Å². The fourth-order valence-corrected chi connectivity index (χ4v) is 3.71. The summed E-state index contributed by atoms with van der Waals surface area (Å²) >= 11 is 0. The largest absolute Gasteiger partial charge is 0.159 e. The van der Waals surface area contributed by atoms with E-state index in [9.17, 15) is 0 Å². The van der Waals surface area contributed by atoms with Gasteiger partial charge in [-0.2, -0.15) is 10.2 Å². The minimum atomic E-state index is 0.742. The maximum absolute atomic E-state index is 4.19. The van der Waals surface area contributed by atoms with Crippen LogP contribution in [0.1, 0.15) is 74.1 Å². The summed E-state index contributed by atoms with van der Waals surface area (Å²) in [5, 5.41) is 8.37. The monoisotopic (exact) mass is 346 g/mol. The molecule has 0 unspecified atom stereocenters. The van der Waals surface area contributed by atoms with Crippen molar-refractivity contribution in [2.24, 2.45) is 16.1 Å². The van der Waals surface area contributed by atoms with Crippen LogP contribution in [0.25, 0.3) is 0 Å². The molecule has 0 aromatic heterocycles. The van der Waals surface area contributed by atoms with Crippen molar-refractivity contribution in [3.63, 3.8) is 0 Å².